The highest BCUT2D eigenvalue weighted by Crippen LogP contribution is 2.57. The van der Waals surface area contributed by atoms with Crippen LogP contribution in [0, 0.1) is 33.6 Å². The summed E-state index contributed by atoms with van der Waals surface area (Å²) in [6, 6.07) is 10.6. The maximum absolute atomic E-state index is 9.50. The molecule has 4 rings (SSSR count). The van der Waals surface area contributed by atoms with Crippen LogP contribution in [-0.4, -0.2) is 22.0 Å². The predicted octanol–water partition coefficient (Wildman–Crippen LogP) is 6.45. The largest absolute Gasteiger partial charge is 0.256 e. The zero-order valence-corrected chi connectivity index (χ0v) is 20.4. The Morgan fingerprint density at radius 2 is 1.53 bits per heavy atom. The fourth-order valence-corrected chi connectivity index (χ4v) is 6.05. The normalized spacial score (nSPS) is 28.2. The van der Waals surface area contributed by atoms with E-state index in [9.17, 15) is 2.74 Å². The smallest absolute Gasteiger partial charge is 0.253 e. The molecule has 2 nitrogen and oxygen atoms in total. The van der Waals surface area contributed by atoms with E-state index in [1.807, 2.05) is 12.1 Å². The predicted molar refractivity (Wildman–Crippen MR) is 129 cm³/mol. The quantitative estimate of drug-likeness (QED) is 0.532. The molecule has 0 fully saturated rings. The van der Waals surface area contributed by atoms with E-state index < -0.39 is 17.5 Å². The summed E-state index contributed by atoms with van der Waals surface area (Å²) >= 11 is 0. The maximum atomic E-state index is 9.50. The lowest BCUT2D eigenvalue weighted by Gasteiger charge is -2.38. The van der Waals surface area contributed by atoms with Gasteiger partial charge in [-0.3, -0.25) is 4.58 Å². The molecule has 1 aliphatic heterocycles. The van der Waals surface area contributed by atoms with Crippen LogP contribution >= 0.6 is 0 Å². The number of amidine groups is 1. The standard InChI is InChI=1S/C28H39N2/c1-17(2)26-29(18(3)4)27(9)16-23-13-11-12-14-24(23)28(27,10)30(26)25-21(7)19(5)15-20(6)22(25)8/h11-15,17-18H,16H2,1-10H3/q+1/t27-,28+/m0/s1/i16D2. The first-order valence-corrected chi connectivity index (χ1v) is 11.4. The molecule has 0 amide bonds. The van der Waals surface area contributed by atoms with Crippen molar-refractivity contribution in [2.75, 3.05) is 4.90 Å². The minimum Gasteiger partial charge on any atom is -0.253 e. The molecule has 0 unspecified atom stereocenters. The van der Waals surface area contributed by atoms with Gasteiger partial charge in [-0.15, -0.1) is 0 Å². The molecular formula is C28H39N2+. The Morgan fingerprint density at radius 1 is 0.967 bits per heavy atom. The van der Waals surface area contributed by atoms with Crippen molar-refractivity contribution in [2.24, 2.45) is 5.92 Å². The van der Waals surface area contributed by atoms with Crippen LogP contribution in [0.5, 0.6) is 0 Å². The maximum Gasteiger partial charge on any atom is 0.256 e. The molecule has 0 bridgehead atoms. The van der Waals surface area contributed by atoms with Crippen molar-refractivity contribution in [2.45, 2.75) is 92.7 Å². The molecule has 1 aliphatic carbocycles. The van der Waals surface area contributed by atoms with Crippen LogP contribution in [0.25, 0.3) is 0 Å². The fourth-order valence-electron chi connectivity index (χ4n) is 6.05. The zero-order valence-electron chi connectivity index (χ0n) is 22.4. The first-order valence-electron chi connectivity index (χ1n) is 12.4. The number of benzene rings is 2. The Hall–Kier alpha value is -2.09. The van der Waals surface area contributed by atoms with Crippen LogP contribution in [0.3, 0.4) is 0 Å². The molecule has 2 aromatic carbocycles. The average Bonchev–Trinajstić information content (AvgIpc) is 3.01. The third-order valence-electron chi connectivity index (χ3n) is 7.77. The number of nitrogens with zero attached hydrogens (tertiary/aromatic N) is 2. The third kappa shape index (κ3) is 2.46. The van der Waals surface area contributed by atoms with E-state index in [4.69, 9.17) is 0 Å². The highest BCUT2D eigenvalue weighted by molar-refractivity contribution is 6.01. The van der Waals surface area contributed by atoms with Crippen LogP contribution in [0.2, 0.25) is 0 Å². The second kappa shape index (κ2) is 6.70. The molecule has 0 N–H and O–H groups in total. The first kappa shape index (κ1) is 18.7. The lowest BCUT2D eigenvalue weighted by Crippen LogP contribution is -2.55. The van der Waals surface area contributed by atoms with E-state index in [-0.39, 0.29) is 12.0 Å². The summed E-state index contributed by atoms with van der Waals surface area (Å²) in [5.41, 5.74) is 7.00. The van der Waals surface area contributed by atoms with E-state index in [1.165, 1.54) is 33.8 Å². The van der Waals surface area contributed by atoms with Crippen LogP contribution < -0.4 is 4.90 Å². The summed E-state index contributed by atoms with van der Waals surface area (Å²) < 4.78 is 21.4. The van der Waals surface area contributed by atoms with Gasteiger partial charge in [-0.05, 0) is 83.2 Å². The monoisotopic (exact) mass is 405 g/mol. The van der Waals surface area contributed by atoms with E-state index in [0.29, 0.717) is 0 Å². The summed E-state index contributed by atoms with van der Waals surface area (Å²) in [5.74, 6) is 1.47. The number of fused-ring (bicyclic) bond motifs is 3. The molecule has 160 valence electrons. The summed E-state index contributed by atoms with van der Waals surface area (Å²) in [7, 11) is 0. The Balaban J connectivity index is 2.23. The third-order valence-corrected chi connectivity index (χ3v) is 7.77. The van der Waals surface area contributed by atoms with Gasteiger partial charge in [0.1, 0.15) is 5.69 Å². The molecule has 0 radical (unpaired) electrons. The Bertz CT molecular complexity index is 1120. The molecule has 0 aromatic heterocycles. The molecule has 0 saturated carbocycles. The van der Waals surface area contributed by atoms with Crippen LogP contribution in [0.15, 0.2) is 30.3 Å². The minimum atomic E-state index is -1.50. The van der Waals surface area contributed by atoms with Crippen LogP contribution in [0.1, 0.15) is 77.7 Å². The van der Waals surface area contributed by atoms with Crippen molar-refractivity contribution >= 4 is 11.5 Å². The van der Waals surface area contributed by atoms with Crippen molar-refractivity contribution in [1.29, 1.82) is 0 Å². The van der Waals surface area contributed by atoms with Crippen molar-refractivity contribution in [3.05, 3.63) is 63.7 Å². The number of hydrogen-bond donors (Lipinski definition) is 0. The van der Waals surface area contributed by atoms with E-state index in [0.717, 1.165) is 11.1 Å². The van der Waals surface area contributed by atoms with E-state index in [2.05, 4.69) is 96.9 Å². The lowest BCUT2D eigenvalue weighted by atomic mass is 9.78. The minimum absolute atomic E-state index is 0.164. The van der Waals surface area contributed by atoms with Gasteiger partial charge in [-0.1, -0.05) is 44.2 Å². The highest BCUT2D eigenvalue weighted by atomic mass is 15.4. The number of rotatable bonds is 3. The SMILES string of the molecule is [2H]C1([2H])c2ccccc2[C@@]2(C)N(c3c(C)c(C)cc(C)c3C)C(C(C)C)=[N+](C(C)C)[C@@]12C. The zero-order chi connectivity index (χ0) is 24.0. The van der Waals surface area contributed by atoms with Gasteiger partial charge in [0.2, 0.25) is 0 Å². The van der Waals surface area contributed by atoms with Crippen LogP contribution in [0.4, 0.5) is 5.69 Å². The van der Waals surface area contributed by atoms with Gasteiger partial charge in [0.05, 0.1) is 12.0 Å². The van der Waals surface area contributed by atoms with Gasteiger partial charge < -0.3 is 0 Å². The molecular weight excluding hydrogens is 364 g/mol. The molecule has 2 atom stereocenters. The molecule has 2 aromatic rings. The van der Waals surface area contributed by atoms with Crippen molar-refractivity contribution in [1.82, 2.24) is 0 Å². The average molecular weight is 406 g/mol. The lowest BCUT2D eigenvalue weighted by molar-refractivity contribution is -0.631. The molecule has 0 spiro atoms. The van der Waals surface area contributed by atoms with Crippen LogP contribution in [-0.2, 0) is 11.9 Å². The molecule has 0 saturated heterocycles. The van der Waals surface area contributed by atoms with Gasteiger partial charge in [0.15, 0.2) is 11.1 Å². The Morgan fingerprint density at radius 3 is 2.07 bits per heavy atom. The second-order valence-corrected chi connectivity index (χ2v) is 10.2. The Labute approximate surface area is 186 Å². The first-order chi connectivity index (χ1) is 14.7. The summed E-state index contributed by atoms with van der Waals surface area (Å²) in [6.07, 6.45) is -1.50. The highest BCUT2D eigenvalue weighted by Gasteiger charge is 2.70. The van der Waals surface area contributed by atoms with Gasteiger partial charge in [-0.25, -0.2) is 4.90 Å². The van der Waals surface area contributed by atoms with Gasteiger partial charge in [0.25, 0.3) is 5.84 Å². The van der Waals surface area contributed by atoms with Crippen molar-refractivity contribution < 1.29 is 7.32 Å². The van der Waals surface area contributed by atoms with E-state index >= 15 is 0 Å². The summed E-state index contributed by atoms with van der Waals surface area (Å²) in [4.78, 5) is 2.53. The topological polar surface area (TPSA) is 6.25 Å². The number of anilines is 1. The van der Waals surface area contributed by atoms with E-state index in [1.54, 1.807) is 0 Å². The molecule has 1 heterocycles. The van der Waals surface area contributed by atoms with Gasteiger partial charge in [-0.2, -0.15) is 0 Å². The number of hydrogen-bond acceptors (Lipinski definition) is 1. The fraction of sp³-hybridized carbons (Fsp3) is 0.536. The van der Waals surface area contributed by atoms with Crippen molar-refractivity contribution in [3.8, 4) is 0 Å². The summed E-state index contributed by atoms with van der Waals surface area (Å²) in [5, 5.41) is 0. The Kier molecular flexibility index (Phi) is 4.17. The van der Waals surface area contributed by atoms with Crippen molar-refractivity contribution in [3.63, 3.8) is 0 Å². The molecule has 30 heavy (non-hydrogen) atoms. The molecule has 2 aliphatic rings. The van der Waals surface area contributed by atoms with Gasteiger partial charge in [0, 0.05) is 14.7 Å². The van der Waals surface area contributed by atoms with Gasteiger partial charge >= 0.3 is 0 Å². The summed E-state index contributed by atoms with van der Waals surface area (Å²) in [6.45, 7) is 22.2. The second-order valence-electron chi connectivity index (χ2n) is 10.2. The number of aryl methyl sites for hydroxylation is 2. The molecule has 2 heteroatoms.